The topological polar surface area (TPSA) is 34.4 Å². The molecule has 1 aromatic rings. The van der Waals surface area contributed by atoms with Crippen LogP contribution in [-0.2, 0) is 17.9 Å². The number of ether oxygens (including phenoxy) is 1. The smallest absolute Gasteiger partial charge is 0.129 e. The first-order valence-corrected chi connectivity index (χ1v) is 6.73. The van der Waals surface area contributed by atoms with Crippen molar-refractivity contribution < 1.29 is 9.15 Å². The lowest BCUT2D eigenvalue weighted by Crippen LogP contribution is -2.13. The molecule has 0 amide bonds. The third-order valence-electron chi connectivity index (χ3n) is 3.43. The molecule has 1 N–H and O–H groups in total. The maximum atomic E-state index is 5.63. The summed E-state index contributed by atoms with van der Waals surface area (Å²) in [6.07, 6.45) is 7.24. The van der Waals surface area contributed by atoms with Gasteiger partial charge in [-0.05, 0) is 24.9 Å². The van der Waals surface area contributed by atoms with E-state index in [0.717, 1.165) is 31.4 Å². The van der Waals surface area contributed by atoms with Crippen LogP contribution in [0.2, 0.25) is 0 Å². The van der Waals surface area contributed by atoms with Crippen molar-refractivity contribution in [3.05, 3.63) is 23.7 Å². The second kappa shape index (κ2) is 6.82. The standard InChI is InChI=1S/C14H23NO2/c1-2-15-9-13-8-14(17-10-13)11-16-7-6-12-4-3-5-12/h8,10,12,15H,2-7,9,11H2,1H3. The molecule has 1 heterocycles. The molecule has 1 aliphatic carbocycles. The van der Waals surface area contributed by atoms with Gasteiger partial charge in [0.1, 0.15) is 12.4 Å². The summed E-state index contributed by atoms with van der Waals surface area (Å²) in [5.41, 5.74) is 1.20. The molecular formula is C14H23NO2. The van der Waals surface area contributed by atoms with E-state index in [0.29, 0.717) is 6.61 Å². The van der Waals surface area contributed by atoms with E-state index in [9.17, 15) is 0 Å². The maximum absolute atomic E-state index is 5.63. The van der Waals surface area contributed by atoms with Crippen LogP contribution in [0, 0.1) is 5.92 Å². The van der Waals surface area contributed by atoms with Crippen LogP contribution in [0.5, 0.6) is 0 Å². The Morgan fingerprint density at radius 1 is 1.47 bits per heavy atom. The van der Waals surface area contributed by atoms with E-state index in [-0.39, 0.29) is 0 Å². The summed E-state index contributed by atoms with van der Waals surface area (Å²) < 4.78 is 11.1. The molecule has 17 heavy (non-hydrogen) atoms. The molecule has 3 nitrogen and oxygen atoms in total. The van der Waals surface area contributed by atoms with Crippen molar-refractivity contribution in [2.24, 2.45) is 5.92 Å². The first kappa shape index (κ1) is 12.7. The molecule has 0 unspecified atom stereocenters. The molecule has 0 saturated heterocycles. The average molecular weight is 237 g/mol. The van der Waals surface area contributed by atoms with Crippen LogP contribution in [0.1, 0.15) is 43.9 Å². The van der Waals surface area contributed by atoms with Crippen molar-refractivity contribution in [1.29, 1.82) is 0 Å². The normalized spacial score (nSPS) is 16.1. The molecule has 0 atom stereocenters. The van der Waals surface area contributed by atoms with Crippen LogP contribution in [0.25, 0.3) is 0 Å². The third kappa shape index (κ3) is 4.17. The minimum Gasteiger partial charge on any atom is -0.467 e. The van der Waals surface area contributed by atoms with E-state index >= 15 is 0 Å². The number of hydrogen-bond acceptors (Lipinski definition) is 3. The Hall–Kier alpha value is -0.800. The Balaban J connectivity index is 1.59. The van der Waals surface area contributed by atoms with E-state index in [2.05, 4.69) is 18.3 Å². The van der Waals surface area contributed by atoms with Gasteiger partial charge in [0.2, 0.25) is 0 Å². The molecule has 1 aliphatic rings. The fraction of sp³-hybridized carbons (Fsp3) is 0.714. The zero-order chi connectivity index (χ0) is 11.9. The second-order valence-corrected chi connectivity index (χ2v) is 4.84. The van der Waals surface area contributed by atoms with Crippen molar-refractivity contribution in [2.45, 2.75) is 45.8 Å². The number of nitrogens with one attached hydrogen (secondary N) is 1. The van der Waals surface area contributed by atoms with E-state index in [1.54, 1.807) is 0 Å². The molecule has 1 aromatic heterocycles. The number of hydrogen-bond donors (Lipinski definition) is 1. The van der Waals surface area contributed by atoms with Crippen molar-refractivity contribution in [2.75, 3.05) is 13.2 Å². The molecule has 0 aliphatic heterocycles. The SMILES string of the molecule is CCNCc1coc(COCCC2CCC2)c1. The zero-order valence-corrected chi connectivity index (χ0v) is 10.7. The molecule has 0 spiro atoms. The van der Waals surface area contributed by atoms with Gasteiger partial charge in [-0.3, -0.25) is 0 Å². The Kier molecular flexibility index (Phi) is 5.08. The van der Waals surface area contributed by atoms with Crippen molar-refractivity contribution >= 4 is 0 Å². The lowest BCUT2D eigenvalue weighted by atomic mass is 9.83. The average Bonchev–Trinajstić information content (AvgIpc) is 2.71. The van der Waals surface area contributed by atoms with Gasteiger partial charge in [-0.1, -0.05) is 26.2 Å². The van der Waals surface area contributed by atoms with E-state index in [1.165, 1.54) is 31.2 Å². The summed E-state index contributed by atoms with van der Waals surface area (Å²) >= 11 is 0. The molecule has 0 aromatic carbocycles. The summed E-state index contributed by atoms with van der Waals surface area (Å²) in [6.45, 7) is 5.44. The van der Waals surface area contributed by atoms with Gasteiger partial charge in [0.25, 0.3) is 0 Å². The van der Waals surface area contributed by atoms with Crippen molar-refractivity contribution in [1.82, 2.24) is 5.32 Å². The largest absolute Gasteiger partial charge is 0.467 e. The Morgan fingerprint density at radius 2 is 2.35 bits per heavy atom. The van der Waals surface area contributed by atoms with E-state index < -0.39 is 0 Å². The molecule has 2 rings (SSSR count). The number of rotatable bonds is 8. The van der Waals surface area contributed by atoms with Crippen molar-refractivity contribution in [3.63, 3.8) is 0 Å². The van der Waals surface area contributed by atoms with Gasteiger partial charge in [0, 0.05) is 18.7 Å². The highest BCUT2D eigenvalue weighted by atomic mass is 16.5. The van der Waals surface area contributed by atoms with E-state index in [1.807, 2.05) is 6.26 Å². The minimum atomic E-state index is 0.610. The highest BCUT2D eigenvalue weighted by Gasteiger charge is 2.16. The summed E-state index contributed by atoms with van der Waals surface area (Å²) in [5, 5.41) is 3.27. The van der Waals surface area contributed by atoms with Gasteiger partial charge >= 0.3 is 0 Å². The fourth-order valence-electron chi connectivity index (χ4n) is 2.07. The molecule has 1 saturated carbocycles. The second-order valence-electron chi connectivity index (χ2n) is 4.84. The molecule has 0 bridgehead atoms. The molecule has 1 fully saturated rings. The predicted octanol–water partition coefficient (Wildman–Crippen LogP) is 3.10. The summed E-state index contributed by atoms with van der Waals surface area (Å²) in [6, 6.07) is 2.08. The molecule has 0 radical (unpaired) electrons. The number of furan rings is 1. The van der Waals surface area contributed by atoms with Gasteiger partial charge in [-0.15, -0.1) is 0 Å². The van der Waals surface area contributed by atoms with Gasteiger partial charge in [0.15, 0.2) is 0 Å². The first-order chi connectivity index (χ1) is 8.38. The van der Waals surface area contributed by atoms with Crippen molar-refractivity contribution in [3.8, 4) is 0 Å². The van der Waals surface area contributed by atoms with Crippen LogP contribution in [-0.4, -0.2) is 13.2 Å². The quantitative estimate of drug-likeness (QED) is 0.705. The van der Waals surface area contributed by atoms with Gasteiger partial charge in [-0.25, -0.2) is 0 Å². The van der Waals surface area contributed by atoms with Crippen LogP contribution >= 0.6 is 0 Å². The Morgan fingerprint density at radius 3 is 3.06 bits per heavy atom. The Bertz CT molecular complexity index is 318. The monoisotopic (exact) mass is 237 g/mol. The summed E-state index contributed by atoms with van der Waals surface area (Å²) in [5.74, 6) is 1.86. The molecular weight excluding hydrogens is 214 g/mol. The fourth-order valence-corrected chi connectivity index (χ4v) is 2.07. The maximum Gasteiger partial charge on any atom is 0.129 e. The predicted molar refractivity (Wildman–Crippen MR) is 67.7 cm³/mol. The van der Waals surface area contributed by atoms with E-state index in [4.69, 9.17) is 9.15 Å². The van der Waals surface area contributed by atoms with Crippen LogP contribution in [0.3, 0.4) is 0 Å². The highest BCUT2D eigenvalue weighted by molar-refractivity contribution is 5.11. The lowest BCUT2D eigenvalue weighted by molar-refractivity contribution is 0.0836. The Labute approximate surface area is 104 Å². The van der Waals surface area contributed by atoms with Gasteiger partial charge in [0.05, 0.1) is 6.26 Å². The third-order valence-corrected chi connectivity index (χ3v) is 3.43. The molecule has 96 valence electrons. The summed E-state index contributed by atoms with van der Waals surface area (Å²) in [4.78, 5) is 0. The van der Waals surface area contributed by atoms with Gasteiger partial charge in [-0.2, -0.15) is 0 Å². The summed E-state index contributed by atoms with van der Waals surface area (Å²) in [7, 11) is 0. The minimum absolute atomic E-state index is 0.610. The highest BCUT2D eigenvalue weighted by Crippen LogP contribution is 2.29. The lowest BCUT2D eigenvalue weighted by Gasteiger charge is -2.24. The zero-order valence-electron chi connectivity index (χ0n) is 10.7. The first-order valence-electron chi connectivity index (χ1n) is 6.73. The van der Waals surface area contributed by atoms with Gasteiger partial charge < -0.3 is 14.5 Å². The van der Waals surface area contributed by atoms with Crippen LogP contribution in [0.15, 0.2) is 16.7 Å². The van der Waals surface area contributed by atoms with Crippen LogP contribution in [0.4, 0.5) is 0 Å². The molecule has 3 heteroatoms. The van der Waals surface area contributed by atoms with Crippen LogP contribution < -0.4 is 5.32 Å².